The second kappa shape index (κ2) is 5.41. The van der Waals surface area contributed by atoms with Gasteiger partial charge in [0.1, 0.15) is 0 Å². The van der Waals surface area contributed by atoms with E-state index in [4.69, 9.17) is 11.0 Å². The minimum atomic E-state index is 0.0118. The molecule has 0 spiro atoms. The summed E-state index contributed by atoms with van der Waals surface area (Å²) in [5, 5.41) is 8.49. The maximum Gasteiger partial charge on any atom is 0.324 e. The van der Waals surface area contributed by atoms with Crippen molar-refractivity contribution in [1.29, 1.82) is 5.26 Å². The Morgan fingerprint density at radius 3 is 2.67 bits per heavy atom. The molecule has 18 heavy (non-hydrogen) atoms. The van der Waals surface area contributed by atoms with Crippen LogP contribution in [-0.2, 0) is 0 Å². The second-order valence-electron chi connectivity index (χ2n) is 4.27. The number of urea groups is 1. The molecule has 2 N–H and O–H groups in total. The Labute approximate surface area is 106 Å². The number of nitrogens with two attached hydrogens (primary N) is 1. The van der Waals surface area contributed by atoms with Crippen molar-refractivity contribution >= 4 is 17.4 Å². The van der Waals surface area contributed by atoms with Crippen LogP contribution in [0.5, 0.6) is 0 Å². The van der Waals surface area contributed by atoms with Crippen molar-refractivity contribution in [2.45, 2.75) is 12.8 Å². The van der Waals surface area contributed by atoms with E-state index in [9.17, 15) is 4.79 Å². The molecule has 0 bridgehead atoms. The molecule has 5 heteroatoms. The number of carbonyl (C=O) groups is 1. The number of unbranched alkanes of at least 4 members (excludes halogenated alkanes) is 1. The third-order valence-electron chi connectivity index (χ3n) is 3.02. The quantitative estimate of drug-likeness (QED) is 0.648. The minimum absolute atomic E-state index is 0.0118. The van der Waals surface area contributed by atoms with E-state index in [1.54, 1.807) is 21.9 Å². The highest BCUT2D eigenvalue weighted by molar-refractivity contribution is 5.94. The molecule has 2 rings (SSSR count). The SMILES string of the molecule is N#CCCCN1CCN(c2ccc(N)cc2)C1=O. The first-order valence-electron chi connectivity index (χ1n) is 6.01. The van der Waals surface area contributed by atoms with Crippen LogP contribution in [0.1, 0.15) is 12.8 Å². The van der Waals surface area contributed by atoms with Gasteiger partial charge >= 0.3 is 6.03 Å². The Kier molecular flexibility index (Phi) is 3.68. The van der Waals surface area contributed by atoms with Crippen molar-refractivity contribution in [2.75, 3.05) is 30.3 Å². The lowest BCUT2D eigenvalue weighted by Gasteiger charge is -2.18. The van der Waals surface area contributed by atoms with E-state index < -0.39 is 0 Å². The van der Waals surface area contributed by atoms with E-state index in [0.29, 0.717) is 31.7 Å². The summed E-state index contributed by atoms with van der Waals surface area (Å²) in [6, 6.07) is 9.39. The van der Waals surface area contributed by atoms with Crippen LogP contribution in [-0.4, -0.2) is 30.6 Å². The van der Waals surface area contributed by atoms with Crippen molar-refractivity contribution in [1.82, 2.24) is 4.90 Å². The number of amides is 2. The zero-order valence-corrected chi connectivity index (χ0v) is 10.2. The Morgan fingerprint density at radius 2 is 2.00 bits per heavy atom. The van der Waals surface area contributed by atoms with Crippen LogP contribution in [0.3, 0.4) is 0 Å². The zero-order chi connectivity index (χ0) is 13.0. The topological polar surface area (TPSA) is 73.4 Å². The lowest BCUT2D eigenvalue weighted by atomic mass is 10.2. The number of nitrogens with zero attached hydrogens (tertiary/aromatic N) is 3. The van der Waals surface area contributed by atoms with Gasteiger partial charge in [0, 0.05) is 37.4 Å². The number of benzene rings is 1. The predicted octanol–water partition coefficient (Wildman–Crippen LogP) is 1.81. The summed E-state index contributed by atoms with van der Waals surface area (Å²) in [6.45, 7) is 2.06. The van der Waals surface area contributed by atoms with Gasteiger partial charge in [-0.2, -0.15) is 5.26 Å². The molecule has 1 saturated heterocycles. The third kappa shape index (κ3) is 2.54. The van der Waals surface area contributed by atoms with Gasteiger partial charge in [0.2, 0.25) is 0 Å². The third-order valence-corrected chi connectivity index (χ3v) is 3.02. The van der Waals surface area contributed by atoms with Crippen molar-refractivity contribution < 1.29 is 4.79 Å². The molecule has 1 aromatic rings. The van der Waals surface area contributed by atoms with E-state index >= 15 is 0 Å². The molecular formula is C13H16N4O. The maximum atomic E-state index is 12.1. The summed E-state index contributed by atoms with van der Waals surface area (Å²) in [6.07, 6.45) is 1.23. The number of carbonyl (C=O) groups excluding carboxylic acids is 1. The molecule has 1 aromatic carbocycles. The average Bonchev–Trinajstić information content (AvgIpc) is 2.73. The molecule has 2 amide bonds. The number of hydrogen-bond donors (Lipinski definition) is 1. The number of rotatable bonds is 4. The molecular weight excluding hydrogens is 228 g/mol. The van der Waals surface area contributed by atoms with Crippen LogP contribution in [0.25, 0.3) is 0 Å². The first-order chi connectivity index (χ1) is 8.72. The van der Waals surface area contributed by atoms with Crippen molar-refractivity contribution in [3.05, 3.63) is 24.3 Å². The van der Waals surface area contributed by atoms with Gasteiger partial charge in [-0.15, -0.1) is 0 Å². The minimum Gasteiger partial charge on any atom is -0.399 e. The van der Waals surface area contributed by atoms with Crippen LogP contribution in [0.4, 0.5) is 16.2 Å². The van der Waals surface area contributed by atoms with Gasteiger partial charge in [-0.25, -0.2) is 4.79 Å². The highest BCUT2D eigenvalue weighted by Gasteiger charge is 2.28. The molecule has 0 atom stereocenters. The number of nitrogen functional groups attached to an aromatic ring is 1. The van der Waals surface area contributed by atoms with Crippen LogP contribution in [0.15, 0.2) is 24.3 Å². The van der Waals surface area contributed by atoms with E-state index in [1.165, 1.54) is 0 Å². The van der Waals surface area contributed by atoms with E-state index in [2.05, 4.69) is 6.07 Å². The van der Waals surface area contributed by atoms with Crippen LogP contribution in [0, 0.1) is 11.3 Å². The monoisotopic (exact) mass is 244 g/mol. The largest absolute Gasteiger partial charge is 0.399 e. The molecule has 1 fully saturated rings. The summed E-state index contributed by atoms with van der Waals surface area (Å²) in [5.74, 6) is 0. The van der Waals surface area contributed by atoms with Crippen molar-refractivity contribution in [3.63, 3.8) is 0 Å². The van der Waals surface area contributed by atoms with Crippen LogP contribution in [0.2, 0.25) is 0 Å². The van der Waals surface area contributed by atoms with Crippen molar-refractivity contribution in [2.24, 2.45) is 0 Å². The van der Waals surface area contributed by atoms with E-state index in [1.807, 2.05) is 12.1 Å². The lowest BCUT2D eigenvalue weighted by Crippen LogP contribution is -2.32. The highest BCUT2D eigenvalue weighted by atomic mass is 16.2. The summed E-state index contributed by atoms with van der Waals surface area (Å²) < 4.78 is 0. The lowest BCUT2D eigenvalue weighted by molar-refractivity contribution is 0.220. The van der Waals surface area contributed by atoms with Gasteiger partial charge < -0.3 is 10.6 Å². The number of anilines is 2. The fraction of sp³-hybridized carbons (Fsp3) is 0.385. The van der Waals surface area contributed by atoms with Gasteiger partial charge in [0.25, 0.3) is 0 Å². The smallest absolute Gasteiger partial charge is 0.324 e. The highest BCUT2D eigenvalue weighted by Crippen LogP contribution is 2.21. The number of hydrogen-bond acceptors (Lipinski definition) is 3. The first kappa shape index (κ1) is 12.2. The zero-order valence-electron chi connectivity index (χ0n) is 10.2. The van der Waals surface area contributed by atoms with Crippen molar-refractivity contribution in [3.8, 4) is 6.07 Å². The predicted molar refractivity (Wildman–Crippen MR) is 70.0 cm³/mol. The molecule has 1 aliphatic heterocycles. The van der Waals surface area contributed by atoms with E-state index in [0.717, 1.165) is 12.1 Å². The molecule has 0 aliphatic carbocycles. The molecule has 0 radical (unpaired) electrons. The molecule has 1 heterocycles. The molecule has 94 valence electrons. The molecule has 0 saturated carbocycles. The molecule has 0 unspecified atom stereocenters. The maximum absolute atomic E-state index is 12.1. The standard InChI is InChI=1S/C13H16N4O/c14-7-1-2-8-16-9-10-17(13(16)18)12-5-3-11(15)4-6-12/h3-6H,1-2,8-10,15H2. The normalized spacial score (nSPS) is 14.9. The fourth-order valence-electron chi connectivity index (χ4n) is 2.03. The Hall–Kier alpha value is -2.22. The van der Waals surface area contributed by atoms with Gasteiger partial charge in [-0.1, -0.05) is 0 Å². The second-order valence-corrected chi connectivity index (χ2v) is 4.27. The Balaban J connectivity index is 1.99. The molecule has 1 aliphatic rings. The summed E-state index contributed by atoms with van der Waals surface area (Å²) in [7, 11) is 0. The Morgan fingerprint density at radius 1 is 1.28 bits per heavy atom. The average molecular weight is 244 g/mol. The Bertz CT molecular complexity index is 463. The van der Waals surface area contributed by atoms with E-state index in [-0.39, 0.29) is 6.03 Å². The van der Waals surface area contributed by atoms with Gasteiger partial charge in [0.05, 0.1) is 6.07 Å². The summed E-state index contributed by atoms with van der Waals surface area (Å²) in [5.41, 5.74) is 7.19. The first-order valence-corrected chi connectivity index (χ1v) is 6.01. The summed E-state index contributed by atoms with van der Waals surface area (Å²) in [4.78, 5) is 15.7. The molecule has 0 aromatic heterocycles. The summed E-state index contributed by atoms with van der Waals surface area (Å²) >= 11 is 0. The van der Waals surface area contributed by atoms with Gasteiger partial charge in [-0.05, 0) is 30.7 Å². The van der Waals surface area contributed by atoms with Gasteiger partial charge in [-0.3, -0.25) is 4.90 Å². The van der Waals surface area contributed by atoms with Gasteiger partial charge in [0.15, 0.2) is 0 Å². The molecule has 5 nitrogen and oxygen atoms in total. The van der Waals surface area contributed by atoms with Crippen LogP contribution < -0.4 is 10.6 Å². The van der Waals surface area contributed by atoms with Crippen LogP contribution >= 0.6 is 0 Å². The number of nitriles is 1. The fourth-order valence-corrected chi connectivity index (χ4v) is 2.03.